The van der Waals surface area contributed by atoms with Crippen molar-refractivity contribution in [2.24, 2.45) is 0 Å². The van der Waals surface area contributed by atoms with Crippen molar-refractivity contribution in [3.8, 4) is 0 Å². The zero-order valence-electron chi connectivity index (χ0n) is 14.6. The van der Waals surface area contributed by atoms with Crippen LogP contribution in [-0.2, 0) is 0 Å². The molecule has 4 heteroatoms. The van der Waals surface area contributed by atoms with E-state index in [1.54, 1.807) is 12.1 Å². The number of rotatable bonds is 7. The van der Waals surface area contributed by atoms with Gasteiger partial charge in [0.05, 0.1) is 11.6 Å². The molecule has 2 aromatic rings. The molecule has 2 aromatic carbocycles. The minimum absolute atomic E-state index is 0.0660. The van der Waals surface area contributed by atoms with Crippen molar-refractivity contribution in [3.05, 3.63) is 71.0 Å². The summed E-state index contributed by atoms with van der Waals surface area (Å²) in [7, 11) is 0. The van der Waals surface area contributed by atoms with Gasteiger partial charge in [-0.15, -0.1) is 0 Å². The number of carbonyl (C=O) groups excluding carboxylic acids is 1. The summed E-state index contributed by atoms with van der Waals surface area (Å²) >= 11 is 0. The highest BCUT2D eigenvalue weighted by molar-refractivity contribution is 5.94. The van der Waals surface area contributed by atoms with E-state index < -0.39 is 5.82 Å². The molecule has 0 aliphatic carbocycles. The van der Waals surface area contributed by atoms with Gasteiger partial charge in [0.25, 0.3) is 5.91 Å². The Morgan fingerprint density at radius 1 is 1.08 bits per heavy atom. The van der Waals surface area contributed by atoms with E-state index in [-0.39, 0.29) is 17.5 Å². The van der Waals surface area contributed by atoms with Crippen molar-refractivity contribution in [1.82, 2.24) is 10.2 Å². The van der Waals surface area contributed by atoms with E-state index in [1.165, 1.54) is 17.7 Å². The normalized spacial score (nSPS) is 12.2. The summed E-state index contributed by atoms with van der Waals surface area (Å²) in [6.07, 6.45) is 0. The molecule has 0 fully saturated rings. The molecule has 0 aliphatic heterocycles. The fourth-order valence-electron chi connectivity index (χ4n) is 2.84. The predicted molar refractivity (Wildman–Crippen MR) is 95.6 cm³/mol. The molecule has 128 valence electrons. The zero-order chi connectivity index (χ0) is 17.5. The van der Waals surface area contributed by atoms with E-state index in [4.69, 9.17) is 0 Å². The molecule has 0 radical (unpaired) electrons. The largest absolute Gasteiger partial charge is 0.350 e. The molecule has 1 N–H and O–H groups in total. The molecule has 0 saturated heterocycles. The fourth-order valence-corrected chi connectivity index (χ4v) is 2.84. The third kappa shape index (κ3) is 4.42. The van der Waals surface area contributed by atoms with E-state index in [0.29, 0.717) is 6.54 Å². The van der Waals surface area contributed by atoms with Crippen LogP contribution in [0, 0.1) is 12.7 Å². The highest BCUT2D eigenvalue weighted by atomic mass is 19.1. The zero-order valence-corrected chi connectivity index (χ0v) is 14.6. The smallest absolute Gasteiger partial charge is 0.254 e. The molecule has 1 unspecified atom stereocenters. The third-order valence-corrected chi connectivity index (χ3v) is 4.29. The third-order valence-electron chi connectivity index (χ3n) is 4.29. The molecular formula is C20H25FN2O. The van der Waals surface area contributed by atoms with Crippen molar-refractivity contribution in [2.45, 2.75) is 26.8 Å². The van der Waals surface area contributed by atoms with Gasteiger partial charge < -0.3 is 5.32 Å². The average Bonchev–Trinajstić information content (AvgIpc) is 2.59. The molecule has 2 rings (SSSR count). The number of likely N-dealkylation sites (N-methyl/N-ethyl adjacent to an activating group) is 1. The molecule has 0 aliphatic rings. The van der Waals surface area contributed by atoms with Gasteiger partial charge in [0.15, 0.2) is 0 Å². The van der Waals surface area contributed by atoms with Gasteiger partial charge >= 0.3 is 0 Å². The van der Waals surface area contributed by atoms with Gasteiger partial charge in [-0.3, -0.25) is 9.69 Å². The van der Waals surface area contributed by atoms with Crippen LogP contribution in [0.15, 0.2) is 48.5 Å². The highest BCUT2D eigenvalue weighted by Crippen LogP contribution is 2.20. The summed E-state index contributed by atoms with van der Waals surface area (Å²) in [6.45, 7) is 8.45. The molecule has 3 nitrogen and oxygen atoms in total. The summed E-state index contributed by atoms with van der Waals surface area (Å²) in [5, 5.41) is 2.88. The van der Waals surface area contributed by atoms with Gasteiger partial charge in [-0.2, -0.15) is 0 Å². The van der Waals surface area contributed by atoms with Crippen LogP contribution in [-0.4, -0.2) is 30.4 Å². The maximum atomic E-state index is 13.8. The van der Waals surface area contributed by atoms with Crippen molar-refractivity contribution >= 4 is 5.91 Å². The second-order valence-corrected chi connectivity index (χ2v) is 5.84. The molecule has 0 bridgehead atoms. The second-order valence-electron chi connectivity index (χ2n) is 5.84. The van der Waals surface area contributed by atoms with Crippen LogP contribution in [0.1, 0.15) is 41.4 Å². The summed E-state index contributed by atoms with van der Waals surface area (Å²) in [6, 6.07) is 14.4. The van der Waals surface area contributed by atoms with Gasteiger partial charge in [0.1, 0.15) is 5.82 Å². The highest BCUT2D eigenvalue weighted by Gasteiger charge is 2.20. The number of hydrogen-bond donors (Lipinski definition) is 1. The first-order valence-electron chi connectivity index (χ1n) is 8.40. The number of nitrogens with zero attached hydrogens (tertiary/aromatic N) is 1. The lowest BCUT2D eigenvalue weighted by molar-refractivity contribution is 0.0931. The SMILES string of the molecule is CCN(CC)C(CNC(=O)c1ccccc1F)c1ccc(C)cc1. The van der Waals surface area contributed by atoms with Gasteiger partial charge in [0.2, 0.25) is 0 Å². The van der Waals surface area contributed by atoms with Crippen molar-refractivity contribution in [1.29, 1.82) is 0 Å². The Labute approximate surface area is 143 Å². The number of benzene rings is 2. The number of carbonyl (C=O) groups is 1. The van der Waals surface area contributed by atoms with Crippen LogP contribution in [0.4, 0.5) is 4.39 Å². The molecular weight excluding hydrogens is 303 g/mol. The van der Waals surface area contributed by atoms with E-state index in [9.17, 15) is 9.18 Å². The second kappa shape index (κ2) is 8.60. The molecule has 1 amide bonds. The summed E-state index contributed by atoms with van der Waals surface area (Å²) in [5.74, 6) is -0.873. The Kier molecular flexibility index (Phi) is 6.50. The topological polar surface area (TPSA) is 32.3 Å². The Balaban J connectivity index is 2.15. The van der Waals surface area contributed by atoms with Crippen LogP contribution in [0.25, 0.3) is 0 Å². The van der Waals surface area contributed by atoms with Crippen molar-refractivity contribution < 1.29 is 9.18 Å². The van der Waals surface area contributed by atoms with E-state index in [2.05, 4.69) is 55.3 Å². The van der Waals surface area contributed by atoms with E-state index in [0.717, 1.165) is 18.7 Å². The van der Waals surface area contributed by atoms with Crippen LogP contribution in [0.2, 0.25) is 0 Å². The van der Waals surface area contributed by atoms with Gasteiger partial charge in [-0.1, -0.05) is 55.8 Å². The minimum atomic E-state index is -0.496. The molecule has 0 saturated carbocycles. The Morgan fingerprint density at radius 2 is 1.71 bits per heavy atom. The number of nitrogens with one attached hydrogen (secondary N) is 1. The predicted octanol–water partition coefficient (Wildman–Crippen LogP) is 3.95. The maximum absolute atomic E-state index is 13.8. The monoisotopic (exact) mass is 328 g/mol. The first-order chi connectivity index (χ1) is 11.6. The van der Waals surface area contributed by atoms with E-state index in [1.807, 2.05) is 0 Å². The van der Waals surface area contributed by atoms with Gasteiger partial charge in [-0.25, -0.2) is 4.39 Å². The lowest BCUT2D eigenvalue weighted by atomic mass is 10.0. The van der Waals surface area contributed by atoms with Crippen LogP contribution in [0.3, 0.4) is 0 Å². The van der Waals surface area contributed by atoms with Crippen molar-refractivity contribution in [3.63, 3.8) is 0 Å². The molecule has 0 spiro atoms. The fraction of sp³-hybridized carbons (Fsp3) is 0.350. The number of hydrogen-bond acceptors (Lipinski definition) is 2. The number of amides is 1. The van der Waals surface area contributed by atoms with Crippen LogP contribution in [0.5, 0.6) is 0 Å². The summed E-state index contributed by atoms with van der Waals surface area (Å²) in [5.41, 5.74) is 2.44. The molecule has 24 heavy (non-hydrogen) atoms. The quantitative estimate of drug-likeness (QED) is 0.835. The minimum Gasteiger partial charge on any atom is -0.350 e. The Bertz CT molecular complexity index is 666. The molecule has 0 aromatic heterocycles. The lowest BCUT2D eigenvalue weighted by Gasteiger charge is -2.30. The molecule has 1 atom stereocenters. The lowest BCUT2D eigenvalue weighted by Crippen LogP contribution is -2.38. The first-order valence-corrected chi connectivity index (χ1v) is 8.40. The average molecular weight is 328 g/mol. The number of halogens is 1. The summed E-state index contributed by atoms with van der Waals surface area (Å²) < 4.78 is 13.8. The summed E-state index contributed by atoms with van der Waals surface area (Å²) in [4.78, 5) is 14.6. The molecule has 0 heterocycles. The Hall–Kier alpha value is -2.20. The van der Waals surface area contributed by atoms with E-state index >= 15 is 0 Å². The standard InChI is InChI=1S/C20H25FN2O/c1-4-23(5-2)19(16-12-10-15(3)11-13-16)14-22-20(24)17-8-6-7-9-18(17)21/h6-13,19H,4-5,14H2,1-3H3,(H,22,24). The first kappa shape index (κ1) is 18.1. The Morgan fingerprint density at radius 3 is 2.29 bits per heavy atom. The van der Waals surface area contributed by atoms with Gasteiger partial charge in [-0.05, 0) is 37.7 Å². The van der Waals surface area contributed by atoms with Crippen LogP contribution >= 0.6 is 0 Å². The van der Waals surface area contributed by atoms with Gasteiger partial charge in [0, 0.05) is 6.54 Å². The van der Waals surface area contributed by atoms with Crippen LogP contribution < -0.4 is 5.32 Å². The van der Waals surface area contributed by atoms with Crippen molar-refractivity contribution in [2.75, 3.05) is 19.6 Å². The number of aryl methyl sites for hydroxylation is 1. The maximum Gasteiger partial charge on any atom is 0.254 e.